The molecule has 0 spiro atoms. The van der Waals surface area contributed by atoms with Crippen LogP contribution in [0.4, 0.5) is 0 Å². The van der Waals surface area contributed by atoms with Gasteiger partial charge in [-0.3, -0.25) is 14.8 Å². The van der Waals surface area contributed by atoms with Crippen LogP contribution in [0.3, 0.4) is 0 Å². The Morgan fingerprint density at radius 3 is 2.58 bits per heavy atom. The number of hydrogen-bond donors (Lipinski definition) is 2. The molecular formula is C25H44IN5O2. The predicted octanol–water partition coefficient (Wildman–Crippen LogP) is 2.94. The smallest absolute Gasteiger partial charge is 0.191 e. The molecule has 7 nitrogen and oxygen atoms in total. The first kappa shape index (κ1) is 28.3. The lowest BCUT2D eigenvalue weighted by Gasteiger charge is -2.35. The number of nitrogens with zero attached hydrogens (tertiary/aromatic N) is 3. The van der Waals surface area contributed by atoms with Gasteiger partial charge in [0.1, 0.15) is 0 Å². The molecule has 0 aromatic heterocycles. The van der Waals surface area contributed by atoms with Crippen LogP contribution in [-0.2, 0) is 22.6 Å². The minimum Gasteiger partial charge on any atom is -0.379 e. The SMILES string of the molecule is CN=C(NCc1cccc(CN2CCOC(C)C2)c1)NCC(CC(C)C)N1CCOCC1.I. The van der Waals surface area contributed by atoms with Gasteiger partial charge in [0.25, 0.3) is 0 Å². The summed E-state index contributed by atoms with van der Waals surface area (Å²) in [4.78, 5) is 9.48. The maximum Gasteiger partial charge on any atom is 0.191 e. The number of halogens is 1. The van der Waals surface area contributed by atoms with E-state index in [4.69, 9.17) is 9.47 Å². The number of morpholine rings is 2. The van der Waals surface area contributed by atoms with Gasteiger partial charge in [0, 0.05) is 58.9 Å². The molecule has 2 fully saturated rings. The van der Waals surface area contributed by atoms with Crippen molar-refractivity contribution in [1.82, 2.24) is 20.4 Å². The Bertz CT molecular complexity index is 712. The van der Waals surface area contributed by atoms with Crippen LogP contribution in [0.15, 0.2) is 29.3 Å². The molecule has 1 aromatic rings. The lowest BCUT2D eigenvalue weighted by Crippen LogP contribution is -2.50. The zero-order valence-corrected chi connectivity index (χ0v) is 23.2. The van der Waals surface area contributed by atoms with Gasteiger partial charge in [-0.15, -0.1) is 24.0 Å². The summed E-state index contributed by atoms with van der Waals surface area (Å²) in [7, 11) is 1.84. The Morgan fingerprint density at radius 2 is 1.88 bits per heavy atom. The summed E-state index contributed by atoms with van der Waals surface area (Å²) in [5.41, 5.74) is 2.63. The molecule has 33 heavy (non-hydrogen) atoms. The average molecular weight is 574 g/mol. The summed E-state index contributed by atoms with van der Waals surface area (Å²) >= 11 is 0. The highest BCUT2D eigenvalue weighted by atomic mass is 127. The first-order chi connectivity index (χ1) is 15.5. The summed E-state index contributed by atoms with van der Waals surface area (Å²) in [5, 5.41) is 7.06. The molecule has 2 heterocycles. The standard InChI is InChI=1S/C25H43N5O2.HI/c1-20(2)14-24(30-9-11-31-12-10-30)17-28-25(26-4)27-16-22-6-5-7-23(15-22)19-29-8-13-32-21(3)18-29;/h5-7,15,20-21,24H,8-14,16-19H2,1-4H3,(H2,26,27,28);1H. The third kappa shape index (κ3) is 10.1. The molecule has 2 saturated heterocycles. The quantitative estimate of drug-likeness (QED) is 0.269. The van der Waals surface area contributed by atoms with E-state index in [1.807, 2.05) is 7.05 Å². The predicted molar refractivity (Wildman–Crippen MR) is 146 cm³/mol. The normalized spacial score (nSPS) is 21.5. The number of benzene rings is 1. The van der Waals surface area contributed by atoms with E-state index < -0.39 is 0 Å². The van der Waals surface area contributed by atoms with Gasteiger partial charge in [0.05, 0.1) is 25.9 Å². The maximum atomic E-state index is 5.67. The molecule has 188 valence electrons. The van der Waals surface area contributed by atoms with Crippen molar-refractivity contribution in [2.45, 2.75) is 52.4 Å². The molecule has 0 bridgehead atoms. The van der Waals surface area contributed by atoms with E-state index in [0.29, 0.717) is 18.1 Å². The van der Waals surface area contributed by atoms with Crippen molar-refractivity contribution < 1.29 is 9.47 Å². The van der Waals surface area contributed by atoms with Gasteiger partial charge in [0.15, 0.2) is 5.96 Å². The summed E-state index contributed by atoms with van der Waals surface area (Å²) in [6.45, 7) is 15.9. The lowest BCUT2D eigenvalue weighted by atomic mass is 10.0. The molecule has 8 heteroatoms. The second-order valence-electron chi connectivity index (χ2n) is 9.47. The van der Waals surface area contributed by atoms with Crippen LogP contribution in [0.1, 0.15) is 38.3 Å². The minimum absolute atomic E-state index is 0. The van der Waals surface area contributed by atoms with Crippen LogP contribution >= 0.6 is 24.0 Å². The highest BCUT2D eigenvalue weighted by Crippen LogP contribution is 2.14. The summed E-state index contributed by atoms with van der Waals surface area (Å²) in [6.07, 6.45) is 1.49. The van der Waals surface area contributed by atoms with Crippen molar-refractivity contribution in [3.05, 3.63) is 35.4 Å². The van der Waals surface area contributed by atoms with Gasteiger partial charge in [-0.2, -0.15) is 0 Å². The fourth-order valence-electron chi connectivity index (χ4n) is 4.60. The van der Waals surface area contributed by atoms with Crippen LogP contribution in [0.25, 0.3) is 0 Å². The molecule has 2 atom stereocenters. The summed E-state index contributed by atoms with van der Waals surface area (Å²) < 4.78 is 11.2. The number of nitrogens with one attached hydrogen (secondary N) is 2. The zero-order chi connectivity index (χ0) is 22.8. The molecule has 0 amide bonds. The van der Waals surface area contributed by atoms with Crippen molar-refractivity contribution in [3.8, 4) is 0 Å². The number of aliphatic imine (C=N–C) groups is 1. The van der Waals surface area contributed by atoms with Crippen LogP contribution in [0, 0.1) is 5.92 Å². The monoisotopic (exact) mass is 573 g/mol. The maximum absolute atomic E-state index is 5.67. The molecular weight excluding hydrogens is 529 g/mol. The average Bonchev–Trinajstić information content (AvgIpc) is 2.79. The molecule has 0 aliphatic carbocycles. The van der Waals surface area contributed by atoms with E-state index in [9.17, 15) is 0 Å². The van der Waals surface area contributed by atoms with E-state index in [0.717, 1.165) is 71.6 Å². The van der Waals surface area contributed by atoms with Crippen LogP contribution in [0.5, 0.6) is 0 Å². The first-order valence-electron chi connectivity index (χ1n) is 12.2. The van der Waals surface area contributed by atoms with Crippen LogP contribution in [0.2, 0.25) is 0 Å². The largest absolute Gasteiger partial charge is 0.379 e. The first-order valence-corrected chi connectivity index (χ1v) is 12.2. The van der Waals surface area contributed by atoms with Crippen molar-refractivity contribution in [1.29, 1.82) is 0 Å². The molecule has 0 saturated carbocycles. The molecule has 2 aliphatic heterocycles. The minimum atomic E-state index is 0. The Labute approximate surface area is 217 Å². The summed E-state index contributed by atoms with van der Waals surface area (Å²) in [5.74, 6) is 1.52. The van der Waals surface area contributed by atoms with E-state index in [1.165, 1.54) is 17.5 Å². The van der Waals surface area contributed by atoms with Gasteiger partial charge < -0.3 is 20.1 Å². The molecule has 3 rings (SSSR count). The van der Waals surface area contributed by atoms with Crippen LogP contribution < -0.4 is 10.6 Å². The van der Waals surface area contributed by atoms with Gasteiger partial charge in [-0.05, 0) is 30.4 Å². The van der Waals surface area contributed by atoms with E-state index in [-0.39, 0.29) is 24.0 Å². The molecule has 2 N–H and O–H groups in total. The molecule has 1 aromatic carbocycles. The molecule has 0 radical (unpaired) electrons. The zero-order valence-electron chi connectivity index (χ0n) is 20.9. The molecule has 2 unspecified atom stereocenters. The second kappa shape index (κ2) is 15.1. The van der Waals surface area contributed by atoms with E-state index in [2.05, 4.69) is 70.5 Å². The third-order valence-electron chi connectivity index (χ3n) is 6.22. The van der Waals surface area contributed by atoms with E-state index in [1.54, 1.807) is 0 Å². The van der Waals surface area contributed by atoms with Crippen molar-refractivity contribution in [3.63, 3.8) is 0 Å². The van der Waals surface area contributed by atoms with Gasteiger partial charge >= 0.3 is 0 Å². The highest BCUT2D eigenvalue weighted by Gasteiger charge is 2.22. The number of ether oxygens (including phenoxy) is 2. The van der Waals surface area contributed by atoms with Crippen molar-refractivity contribution in [2.75, 3.05) is 59.6 Å². The lowest BCUT2D eigenvalue weighted by molar-refractivity contribution is -0.0212. The fraction of sp³-hybridized carbons (Fsp3) is 0.720. The molecule has 2 aliphatic rings. The Hall–Kier alpha value is -0.940. The van der Waals surface area contributed by atoms with Gasteiger partial charge in [-0.25, -0.2) is 0 Å². The summed E-state index contributed by atoms with van der Waals surface area (Å²) in [6, 6.07) is 9.35. The Morgan fingerprint density at radius 1 is 1.12 bits per heavy atom. The fourth-order valence-corrected chi connectivity index (χ4v) is 4.60. The van der Waals surface area contributed by atoms with Crippen LogP contribution in [-0.4, -0.2) is 87.5 Å². The van der Waals surface area contributed by atoms with Crippen molar-refractivity contribution in [2.24, 2.45) is 10.9 Å². The number of hydrogen-bond acceptors (Lipinski definition) is 5. The van der Waals surface area contributed by atoms with Gasteiger partial charge in [0.2, 0.25) is 0 Å². The van der Waals surface area contributed by atoms with E-state index >= 15 is 0 Å². The number of rotatable bonds is 9. The highest BCUT2D eigenvalue weighted by molar-refractivity contribution is 14.0. The van der Waals surface area contributed by atoms with Crippen molar-refractivity contribution >= 4 is 29.9 Å². The Balaban J connectivity index is 0.00000385. The second-order valence-corrected chi connectivity index (χ2v) is 9.47. The van der Waals surface area contributed by atoms with Gasteiger partial charge in [-0.1, -0.05) is 38.1 Å². The Kier molecular flexibility index (Phi) is 13.0. The third-order valence-corrected chi connectivity index (χ3v) is 6.22. The topological polar surface area (TPSA) is 61.4 Å². The number of guanidine groups is 1.